The van der Waals surface area contributed by atoms with E-state index in [0.29, 0.717) is 10.7 Å². The van der Waals surface area contributed by atoms with Crippen molar-refractivity contribution in [1.82, 2.24) is 9.78 Å². The zero-order valence-corrected chi connectivity index (χ0v) is 13.1. The number of benzene rings is 1. The lowest BCUT2D eigenvalue weighted by atomic mass is 10.1. The van der Waals surface area contributed by atoms with Crippen molar-refractivity contribution in [3.63, 3.8) is 0 Å². The molecule has 96 valence electrons. The van der Waals surface area contributed by atoms with E-state index in [1.807, 2.05) is 38.1 Å². The van der Waals surface area contributed by atoms with E-state index in [2.05, 4.69) is 27.7 Å². The molecule has 1 heterocycles. The van der Waals surface area contributed by atoms with Gasteiger partial charge in [-0.15, -0.1) is 0 Å². The summed E-state index contributed by atoms with van der Waals surface area (Å²) >= 11 is 8.35. The van der Waals surface area contributed by atoms with Crippen molar-refractivity contribution < 1.29 is 5.11 Å². The van der Waals surface area contributed by atoms with E-state index in [1.54, 1.807) is 10.9 Å². The predicted molar refractivity (Wildman–Crippen MR) is 80.8 cm³/mol. The van der Waals surface area contributed by atoms with Crippen LogP contribution in [0.4, 0.5) is 0 Å². The topological polar surface area (TPSA) is 38.0 Å². The summed E-state index contributed by atoms with van der Waals surface area (Å²) in [5.41, 5.74) is 1.50. The van der Waals surface area contributed by atoms with Gasteiger partial charge in [0.2, 0.25) is 0 Å². The smallest absolute Gasteiger partial charge is 0.123 e. The van der Waals surface area contributed by atoms with Crippen molar-refractivity contribution in [3.8, 4) is 0 Å². The van der Waals surface area contributed by atoms with Gasteiger partial charge in [0.15, 0.2) is 0 Å². The summed E-state index contributed by atoms with van der Waals surface area (Å²) in [7, 11) is 0. The van der Waals surface area contributed by atoms with Gasteiger partial charge in [-0.2, -0.15) is 5.10 Å². The molecule has 0 saturated carbocycles. The Bertz CT molecular complexity index is 554. The molecule has 1 unspecified atom stereocenters. The quantitative estimate of drug-likeness (QED) is 0.827. The number of nitrogens with zero attached hydrogens (tertiary/aromatic N) is 2. The molecule has 1 atom stereocenters. The van der Waals surface area contributed by atoms with E-state index in [9.17, 15) is 5.11 Å². The molecule has 1 aromatic heterocycles. The molecular formula is C13H14ClIN2O. The van der Waals surface area contributed by atoms with Gasteiger partial charge in [-0.25, -0.2) is 0 Å². The van der Waals surface area contributed by atoms with Gasteiger partial charge in [0.05, 0.1) is 16.9 Å². The number of aromatic nitrogens is 2. The summed E-state index contributed by atoms with van der Waals surface area (Å²) in [6.07, 6.45) is 0.825. The van der Waals surface area contributed by atoms with Crippen molar-refractivity contribution in [3.05, 3.63) is 50.3 Å². The fraction of sp³-hybridized carbons (Fsp3) is 0.308. The van der Waals surface area contributed by atoms with Gasteiger partial charge in [0.25, 0.3) is 0 Å². The zero-order chi connectivity index (χ0) is 13.3. The Hall–Kier alpha value is -0.590. The molecule has 0 amide bonds. The lowest BCUT2D eigenvalue weighted by Gasteiger charge is -2.17. The minimum atomic E-state index is -0.754. The summed E-state index contributed by atoms with van der Waals surface area (Å²) < 4.78 is 2.77. The second-order valence-corrected chi connectivity index (χ2v) is 5.91. The van der Waals surface area contributed by atoms with Crippen molar-refractivity contribution in [2.24, 2.45) is 0 Å². The molecule has 1 N–H and O–H groups in total. The Morgan fingerprint density at radius 1 is 1.33 bits per heavy atom. The zero-order valence-electron chi connectivity index (χ0n) is 10.1. The first kappa shape index (κ1) is 13.8. The Labute approximate surface area is 125 Å². The summed E-state index contributed by atoms with van der Waals surface area (Å²) in [5, 5.41) is 15.2. The fourth-order valence-corrected chi connectivity index (χ4v) is 2.78. The van der Waals surface area contributed by atoms with Crippen LogP contribution in [-0.2, 0) is 0 Å². The Balaban J connectivity index is 2.49. The van der Waals surface area contributed by atoms with Gasteiger partial charge >= 0.3 is 0 Å². The maximum Gasteiger partial charge on any atom is 0.123 e. The first-order chi connectivity index (χ1) is 8.52. The van der Waals surface area contributed by atoms with Gasteiger partial charge in [-0.05, 0) is 48.1 Å². The first-order valence-corrected chi connectivity index (χ1v) is 7.13. The van der Waals surface area contributed by atoms with E-state index in [0.717, 1.165) is 9.13 Å². The molecule has 2 rings (SSSR count). The molecule has 2 aromatic rings. The van der Waals surface area contributed by atoms with E-state index in [4.69, 9.17) is 11.6 Å². The molecule has 0 bridgehead atoms. The number of hydrogen-bond donors (Lipinski definition) is 1. The van der Waals surface area contributed by atoms with Crippen molar-refractivity contribution in [2.75, 3.05) is 0 Å². The fourth-order valence-electron chi connectivity index (χ4n) is 1.86. The first-order valence-electron chi connectivity index (χ1n) is 5.67. The normalized spacial score (nSPS) is 13.0. The average Bonchev–Trinajstić information content (AvgIpc) is 2.71. The van der Waals surface area contributed by atoms with Crippen molar-refractivity contribution in [1.29, 1.82) is 0 Å². The number of aliphatic hydroxyl groups is 1. The van der Waals surface area contributed by atoms with Gasteiger partial charge < -0.3 is 5.11 Å². The average molecular weight is 377 g/mol. The van der Waals surface area contributed by atoms with Crippen LogP contribution in [0.5, 0.6) is 0 Å². The van der Waals surface area contributed by atoms with Crippen LogP contribution in [0.25, 0.3) is 0 Å². The van der Waals surface area contributed by atoms with Crippen LogP contribution >= 0.6 is 34.2 Å². The molecule has 0 aliphatic rings. The number of hydrogen-bond acceptors (Lipinski definition) is 2. The van der Waals surface area contributed by atoms with Crippen LogP contribution in [0.3, 0.4) is 0 Å². The second-order valence-electron chi connectivity index (χ2n) is 4.34. The molecule has 1 aromatic carbocycles. The molecule has 18 heavy (non-hydrogen) atoms. The SMILES string of the molecule is CC(C)n1ncc(Cl)c1C(O)c1ccccc1I. The Morgan fingerprint density at radius 2 is 2.00 bits per heavy atom. The molecule has 5 heteroatoms. The van der Waals surface area contributed by atoms with Gasteiger partial charge in [-0.3, -0.25) is 4.68 Å². The van der Waals surface area contributed by atoms with Crippen LogP contribution in [0.1, 0.15) is 37.3 Å². The highest BCUT2D eigenvalue weighted by Gasteiger charge is 2.22. The van der Waals surface area contributed by atoms with Crippen LogP contribution in [0, 0.1) is 3.57 Å². The third-order valence-electron chi connectivity index (χ3n) is 2.73. The number of rotatable bonds is 3. The molecule has 0 saturated heterocycles. The van der Waals surface area contributed by atoms with Crippen LogP contribution in [0.2, 0.25) is 5.02 Å². The highest BCUT2D eigenvalue weighted by molar-refractivity contribution is 14.1. The molecule has 0 spiro atoms. The van der Waals surface area contributed by atoms with Crippen LogP contribution in [0.15, 0.2) is 30.5 Å². The Morgan fingerprint density at radius 3 is 2.61 bits per heavy atom. The summed E-state index contributed by atoms with van der Waals surface area (Å²) in [4.78, 5) is 0. The summed E-state index contributed by atoms with van der Waals surface area (Å²) in [5.74, 6) is 0. The largest absolute Gasteiger partial charge is 0.382 e. The second kappa shape index (κ2) is 5.59. The molecule has 0 aliphatic carbocycles. The minimum Gasteiger partial charge on any atom is -0.382 e. The molecule has 0 radical (unpaired) electrons. The third kappa shape index (κ3) is 2.55. The standard InChI is InChI=1S/C13H14ClIN2O/c1-8(2)17-12(10(14)7-16-17)13(18)9-5-3-4-6-11(9)15/h3-8,13,18H,1-2H3. The molecular weight excluding hydrogens is 363 g/mol. The van der Waals surface area contributed by atoms with Crippen LogP contribution < -0.4 is 0 Å². The van der Waals surface area contributed by atoms with E-state index in [1.165, 1.54) is 0 Å². The van der Waals surface area contributed by atoms with Crippen LogP contribution in [-0.4, -0.2) is 14.9 Å². The molecule has 0 aliphatic heterocycles. The van der Waals surface area contributed by atoms with Gasteiger partial charge in [0.1, 0.15) is 6.10 Å². The third-order valence-corrected chi connectivity index (χ3v) is 4.01. The van der Waals surface area contributed by atoms with E-state index in [-0.39, 0.29) is 6.04 Å². The van der Waals surface area contributed by atoms with Gasteiger partial charge in [0, 0.05) is 9.61 Å². The lowest BCUT2D eigenvalue weighted by molar-refractivity contribution is 0.204. The minimum absolute atomic E-state index is 0.156. The molecule has 3 nitrogen and oxygen atoms in total. The highest BCUT2D eigenvalue weighted by Crippen LogP contribution is 2.32. The number of aliphatic hydroxyl groups excluding tert-OH is 1. The maximum atomic E-state index is 10.5. The summed E-state index contributed by atoms with van der Waals surface area (Å²) in [6, 6.07) is 7.87. The monoisotopic (exact) mass is 376 g/mol. The van der Waals surface area contributed by atoms with E-state index >= 15 is 0 Å². The predicted octanol–water partition coefficient (Wildman–Crippen LogP) is 3.80. The number of halogens is 2. The van der Waals surface area contributed by atoms with Gasteiger partial charge in [-0.1, -0.05) is 29.8 Å². The maximum absolute atomic E-state index is 10.5. The van der Waals surface area contributed by atoms with Crippen molar-refractivity contribution in [2.45, 2.75) is 26.0 Å². The van der Waals surface area contributed by atoms with Crippen molar-refractivity contribution >= 4 is 34.2 Å². The molecule has 0 fully saturated rings. The van der Waals surface area contributed by atoms with E-state index < -0.39 is 6.10 Å². The summed E-state index contributed by atoms with van der Waals surface area (Å²) in [6.45, 7) is 4.02. The lowest BCUT2D eigenvalue weighted by Crippen LogP contribution is -2.13. The Kier molecular flexibility index (Phi) is 4.29. The highest BCUT2D eigenvalue weighted by atomic mass is 127.